The molecule has 7 heavy (non-hydrogen) atoms. The first-order valence-electron chi connectivity index (χ1n) is 2.19. The summed E-state index contributed by atoms with van der Waals surface area (Å²) in [5.41, 5.74) is 2.59. The van der Waals surface area contributed by atoms with Crippen LogP contribution in [0.2, 0.25) is 0 Å². The molecule has 1 nitrogen and oxygen atoms in total. The molecule has 0 fully saturated rings. The second kappa shape index (κ2) is 3.29. The lowest BCUT2D eigenvalue weighted by molar-refractivity contribution is 1.15. The van der Waals surface area contributed by atoms with Gasteiger partial charge in [0.25, 0.3) is 0 Å². The zero-order valence-electron chi connectivity index (χ0n) is 4.88. The Bertz CT molecular complexity index is 82.1. The van der Waals surface area contributed by atoms with Crippen molar-refractivity contribution in [3.63, 3.8) is 0 Å². The maximum atomic E-state index is 3.01. The van der Waals surface area contributed by atoms with Gasteiger partial charge in [-0.05, 0) is 20.8 Å². The SMILES string of the molecule is CC(C)=C(C)NI. The summed E-state index contributed by atoms with van der Waals surface area (Å²) < 4.78 is 3.01. The first-order valence-corrected chi connectivity index (χ1v) is 3.27. The lowest BCUT2D eigenvalue weighted by Crippen LogP contribution is -1.93. The van der Waals surface area contributed by atoms with E-state index < -0.39 is 0 Å². The predicted octanol–water partition coefficient (Wildman–Crippen LogP) is 2.24. The van der Waals surface area contributed by atoms with E-state index in [9.17, 15) is 0 Å². The van der Waals surface area contributed by atoms with Crippen LogP contribution in [0, 0.1) is 0 Å². The molecule has 0 aliphatic carbocycles. The number of allylic oxidation sites excluding steroid dienone is 2. The van der Waals surface area contributed by atoms with E-state index >= 15 is 0 Å². The molecule has 0 amide bonds. The summed E-state index contributed by atoms with van der Waals surface area (Å²) in [6.45, 7) is 6.23. The fourth-order valence-corrected chi connectivity index (χ4v) is 0.634. The van der Waals surface area contributed by atoms with Crippen LogP contribution in [0.4, 0.5) is 0 Å². The van der Waals surface area contributed by atoms with Gasteiger partial charge in [0.1, 0.15) is 0 Å². The Hall–Kier alpha value is 0.270. The molecule has 0 unspecified atom stereocenters. The summed E-state index contributed by atoms with van der Waals surface area (Å²) in [5, 5.41) is 0. The number of rotatable bonds is 1. The minimum atomic E-state index is 1.25. The van der Waals surface area contributed by atoms with Gasteiger partial charge < -0.3 is 3.53 Å². The second-order valence-corrected chi connectivity index (χ2v) is 2.26. The first kappa shape index (κ1) is 7.27. The van der Waals surface area contributed by atoms with Gasteiger partial charge in [0.15, 0.2) is 0 Å². The average Bonchev–Trinajstić information content (AvgIpc) is 1.65. The van der Waals surface area contributed by atoms with Crippen LogP contribution in [-0.4, -0.2) is 0 Å². The van der Waals surface area contributed by atoms with E-state index in [1.807, 2.05) is 0 Å². The van der Waals surface area contributed by atoms with Gasteiger partial charge in [-0.2, -0.15) is 0 Å². The summed E-state index contributed by atoms with van der Waals surface area (Å²) in [4.78, 5) is 0. The first-order chi connectivity index (χ1) is 3.18. The van der Waals surface area contributed by atoms with Crippen LogP contribution in [0.5, 0.6) is 0 Å². The van der Waals surface area contributed by atoms with E-state index in [-0.39, 0.29) is 0 Å². The number of hydrogen-bond donors (Lipinski definition) is 1. The molecule has 0 saturated carbocycles. The predicted molar refractivity (Wildman–Crippen MR) is 41.2 cm³/mol. The van der Waals surface area contributed by atoms with Crippen molar-refractivity contribution in [2.45, 2.75) is 20.8 Å². The minimum absolute atomic E-state index is 1.25. The number of nitrogens with one attached hydrogen (secondary N) is 1. The van der Waals surface area contributed by atoms with Crippen LogP contribution in [-0.2, 0) is 0 Å². The molecule has 0 saturated heterocycles. The van der Waals surface area contributed by atoms with Crippen molar-refractivity contribution < 1.29 is 0 Å². The maximum Gasteiger partial charge on any atom is 0.0557 e. The molecule has 0 atom stereocenters. The molecule has 0 heterocycles. The monoisotopic (exact) mass is 211 g/mol. The quantitative estimate of drug-likeness (QED) is 0.518. The lowest BCUT2D eigenvalue weighted by Gasteiger charge is -1.96. The molecule has 0 aromatic carbocycles. The van der Waals surface area contributed by atoms with Gasteiger partial charge in [0.2, 0.25) is 0 Å². The number of halogens is 1. The van der Waals surface area contributed by atoms with E-state index in [0.717, 1.165) is 0 Å². The Morgan fingerprint density at radius 1 is 1.29 bits per heavy atom. The van der Waals surface area contributed by atoms with Crippen molar-refractivity contribution in [3.05, 3.63) is 11.3 Å². The zero-order chi connectivity index (χ0) is 5.86. The van der Waals surface area contributed by atoms with E-state index in [2.05, 4.69) is 47.2 Å². The second-order valence-electron chi connectivity index (χ2n) is 1.72. The van der Waals surface area contributed by atoms with Crippen LogP contribution in [0.1, 0.15) is 20.8 Å². The highest BCUT2D eigenvalue weighted by Crippen LogP contribution is 1.97. The third-order valence-corrected chi connectivity index (χ3v) is 1.70. The van der Waals surface area contributed by atoms with Gasteiger partial charge in [0.05, 0.1) is 22.9 Å². The van der Waals surface area contributed by atoms with E-state index in [4.69, 9.17) is 0 Å². The van der Waals surface area contributed by atoms with Crippen molar-refractivity contribution >= 4 is 22.9 Å². The zero-order valence-corrected chi connectivity index (χ0v) is 7.04. The Labute approximate surface area is 58.7 Å². The Morgan fingerprint density at radius 3 is 1.71 bits per heavy atom. The van der Waals surface area contributed by atoms with Crippen LogP contribution >= 0.6 is 22.9 Å². The Morgan fingerprint density at radius 2 is 1.71 bits per heavy atom. The van der Waals surface area contributed by atoms with Crippen molar-refractivity contribution in [2.24, 2.45) is 0 Å². The Kier molecular flexibility index (Phi) is 3.42. The van der Waals surface area contributed by atoms with E-state index in [1.54, 1.807) is 0 Å². The molecule has 0 aliphatic rings. The summed E-state index contributed by atoms with van der Waals surface area (Å²) in [5.74, 6) is 0. The molecule has 0 aliphatic heterocycles. The molecule has 0 aromatic heterocycles. The molecule has 0 radical (unpaired) electrons. The van der Waals surface area contributed by atoms with Crippen molar-refractivity contribution in [1.82, 2.24) is 3.53 Å². The highest BCUT2D eigenvalue weighted by molar-refractivity contribution is 14.1. The molecule has 0 spiro atoms. The summed E-state index contributed by atoms with van der Waals surface area (Å²) in [7, 11) is 0. The summed E-state index contributed by atoms with van der Waals surface area (Å²) >= 11 is 2.12. The minimum Gasteiger partial charge on any atom is -0.332 e. The normalized spacial score (nSPS) is 8.00. The van der Waals surface area contributed by atoms with Crippen LogP contribution in [0.3, 0.4) is 0 Å². The maximum absolute atomic E-state index is 3.01. The largest absolute Gasteiger partial charge is 0.332 e. The molecular formula is C5H10IN. The molecule has 0 bridgehead atoms. The molecular weight excluding hydrogens is 201 g/mol. The molecule has 0 aromatic rings. The van der Waals surface area contributed by atoms with Gasteiger partial charge in [-0.3, -0.25) is 0 Å². The highest BCUT2D eigenvalue weighted by Gasteiger charge is 1.82. The van der Waals surface area contributed by atoms with Crippen LogP contribution < -0.4 is 3.53 Å². The van der Waals surface area contributed by atoms with E-state index in [0.29, 0.717) is 0 Å². The standard InChI is InChI=1S/C5H10IN/c1-4(2)5(3)7-6/h7H,1-3H3. The average molecular weight is 211 g/mol. The lowest BCUT2D eigenvalue weighted by atomic mass is 10.3. The Balaban J connectivity index is 3.72. The summed E-state index contributed by atoms with van der Waals surface area (Å²) in [6.07, 6.45) is 0. The third kappa shape index (κ3) is 2.91. The van der Waals surface area contributed by atoms with Crippen molar-refractivity contribution in [2.75, 3.05) is 0 Å². The fraction of sp³-hybridized carbons (Fsp3) is 0.600. The van der Waals surface area contributed by atoms with Crippen molar-refractivity contribution in [3.8, 4) is 0 Å². The van der Waals surface area contributed by atoms with Crippen LogP contribution in [0.25, 0.3) is 0 Å². The molecule has 42 valence electrons. The molecule has 2 heteroatoms. The third-order valence-electron chi connectivity index (χ3n) is 0.892. The smallest absolute Gasteiger partial charge is 0.0557 e. The fourth-order valence-electron chi connectivity index (χ4n) is 0.0945. The van der Waals surface area contributed by atoms with Crippen molar-refractivity contribution in [1.29, 1.82) is 0 Å². The van der Waals surface area contributed by atoms with Crippen LogP contribution in [0.15, 0.2) is 11.3 Å². The van der Waals surface area contributed by atoms with Gasteiger partial charge in [-0.15, -0.1) is 0 Å². The topological polar surface area (TPSA) is 12.0 Å². The highest BCUT2D eigenvalue weighted by atomic mass is 127. The van der Waals surface area contributed by atoms with Gasteiger partial charge in [-0.1, -0.05) is 5.57 Å². The van der Waals surface area contributed by atoms with E-state index in [1.165, 1.54) is 11.3 Å². The van der Waals surface area contributed by atoms with Gasteiger partial charge in [0, 0.05) is 5.70 Å². The molecule has 1 N–H and O–H groups in total. The number of hydrogen-bond acceptors (Lipinski definition) is 1. The van der Waals surface area contributed by atoms with Gasteiger partial charge in [-0.25, -0.2) is 0 Å². The van der Waals surface area contributed by atoms with Gasteiger partial charge >= 0.3 is 0 Å². The molecule has 0 rings (SSSR count). The summed E-state index contributed by atoms with van der Waals surface area (Å²) in [6, 6.07) is 0.